The molecular formula is C10H11NO3. The van der Waals surface area contributed by atoms with E-state index in [1.54, 1.807) is 0 Å². The monoisotopic (exact) mass is 193 g/mol. The molecule has 0 aliphatic rings. The predicted molar refractivity (Wildman–Crippen MR) is 52.4 cm³/mol. The van der Waals surface area contributed by atoms with E-state index in [-0.39, 0.29) is 0 Å². The van der Waals surface area contributed by atoms with E-state index in [4.69, 9.17) is 5.11 Å². The summed E-state index contributed by atoms with van der Waals surface area (Å²) in [6, 6.07) is 7.62. The zero-order chi connectivity index (χ0) is 10.4. The Balaban J connectivity index is 2.52. The van der Waals surface area contributed by atoms with Gasteiger partial charge >= 0.3 is 5.97 Å². The van der Waals surface area contributed by atoms with Crippen molar-refractivity contribution in [3.8, 4) is 0 Å². The van der Waals surface area contributed by atoms with Gasteiger partial charge in [0.05, 0.1) is 6.21 Å². The summed E-state index contributed by atoms with van der Waals surface area (Å²) >= 11 is 0. The molecular weight excluding hydrogens is 182 g/mol. The van der Waals surface area contributed by atoms with E-state index in [0.29, 0.717) is 0 Å². The van der Waals surface area contributed by atoms with Crippen molar-refractivity contribution in [1.82, 2.24) is 0 Å². The Bertz CT molecular complexity index is 347. The molecule has 0 radical (unpaired) electrons. The van der Waals surface area contributed by atoms with Gasteiger partial charge in [-0.2, -0.15) is 0 Å². The van der Waals surface area contributed by atoms with Crippen LogP contribution in [0.1, 0.15) is 11.1 Å². The Morgan fingerprint density at radius 3 is 2.93 bits per heavy atom. The fraction of sp³-hybridized carbons (Fsp3) is 0.200. The van der Waals surface area contributed by atoms with Crippen LogP contribution < -0.4 is 0 Å². The lowest BCUT2D eigenvalue weighted by Crippen LogP contribution is -2.03. The highest BCUT2D eigenvalue weighted by Crippen LogP contribution is 2.03. The summed E-state index contributed by atoms with van der Waals surface area (Å²) in [6.45, 7) is 1.53. The maximum absolute atomic E-state index is 10.1. The highest BCUT2D eigenvalue weighted by molar-refractivity contribution is 5.81. The highest BCUT2D eigenvalue weighted by atomic mass is 16.6. The first-order valence-corrected chi connectivity index (χ1v) is 4.13. The van der Waals surface area contributed by atoms with Crippen LogP contribution in [0, 0.1) is 6.92 Å². The first kappa shape index (κ1) is 10.2. The summed E-state index contributed by atoms with van der Waals surface area (Å²) in [5.74, 6) is -1.04. The van der Waals surface area contributed by atoms with E-state index in [1.165, 1.54) is 6.21 Å². The van der Waals surface area contributed by atoms with Crippen molar-refractivity contribution >= 4 is 12.2 Å². The van der Waals surface area contributed by atoms with Crippen LogP contribution in [0.25, 0.3) is 0 Å². The third-order valence-electron chi connectivity index (χ3n) is 1.64. The SMILES string of the molecule is Cc1ccccc1C=NOCC(=O)O. The molecule has 0 saturated heterocycles. The second-order valence-corrected chi connectivity index (χ2v) is 2.76. The van der Waals surface area contributed by atoms with Crippen molar-refractivity contribution in [2.24, 2.45) is 5.16 Å². The molecule has 1 aromatic rings. The summed E-state index contributed by atoms with van der Waals surface area (Å²) in [4.78, 5) is 14.6. The lowest BCUT2D eigenvalue weighted by atomic mass is 10.1. The number of nitrogens with zero attached hydrogens (tertiary/aromatic N) is 1. The number of carboxylic acid groups (broad SMARTS) is 1. The molecule has 0 aromatic heterocycles. The van der Waals surface area contributed by atoms with Crippen molar-refractivity contribution in [3.05, 3.63) is 35.4 Å². The highest BCUT2D eigenvalue weighted by Gasteiger charge is 1.94. The van der Waals surface area contributed by atoms with Crippen LogP contribution in [0.2, 0.25) is 0 Å². The Hall–Kier alpha value is -1.84. The summed E-state index contributed by atoms with van der Waals surface area (Å²) in [7, 11) is 0. The van der Waals surface area contributed by atoms with Crippen molar-refractivity contribution in [3.63, 3.8) is 0 Å². The van der Waals surface area contributed by atoms with Gasteiger partial charge in [-0.25, -0.2) is 4.79 Å². The smallest absolute Gasteiger partial charge is 0.344 e. The van der Waals surface area contributed by atoms with Crippen LogP contribution in [-0.4, -0.2) is 23.9 Å². The average molecular weight is 193 g/mol. The third kappa shape index (κ3) is 3.26. The molecule has 4 nitrogen and oxygen atoms in total. The Morgan fingerprint density at radius 1 is 1.57 bits per heavy atom. The van der Waals surface area contributed by atoms with Gasteiger partial charge < -0.3 is 9.94 Å². The molecule has 0 atom stereocenters. The number of hydrogen-bond acceptors (Lipinski definition) is 3. The fourth-order valence-corrected chi connectivity index (χ4v) is 0.918. The number of hydrogen-bond donors (Lipinski definition) is 1. The molecule has 0 unspecified atom stereocenters. The Kier molecular flexibility index (Phi) is 3.67. The minimum absolute atomic E-state index is 0.414. The second kappa shape index (κ2) is 5.01. The van der Waals surface area contributed by atoms with Gasteiger partial charge in [-0.1, -0.05) is 29.4 Å². The summed E-state index contributed by atoms with van der Waals surface area (Å²) in [6.07, 6.45) is 1.50. The van der Waals surface area contributed by atoms with Crippen molar-refractivity contribution < 1.29 is 14.7 Å². The molecule has 1 N–H and O–H groups in total. The molecule has 0 aliphatic heterocycles. The van der Waals surface area contributed by atoms with Gasteiger partial charge in [0, 0.05) is 0 Å². The molecule has 1 aromatic carbocycles. The van der Waals surface area contributed by atoms with Crippen LogP contribution in [0.3, 0.4) is 0 Å². The molecule has 0 spiro atoms. The number of carboxylic acids is 1. The van der Waals surface area contributed by atoms with Gasteiger partial charge in [0.2, 0.25) is 6.61 Å². The van der Waals surface area contributed by atoms with Gasteiger partial charge in [-0.3, -0.25) is 0 Å². The van der Waals surface area contributed by atoms with Crippen molar-refractivity contribution in [2.75, 3.05) is 6.61 Å². The molecule has 14 heavy (non-hydrogen) atoms. The zero-order valence-corrected chi connectivity index (χ0v) is 7.80. The molecule has 0 aliphatic carbocycles. The second-order valence-electron chi connectivity index (χ2n) is 2.76. The number of aliphatic carboxylic acids is 1. The van der Waals surface area contributed by atoms with Crippen LogP contribution >= 0.6 is 0 Å². The topological polar surface area (TPSA) is 58.9 Å². The number of aryl methyl sites for hydroxylation is 1. The van der Waals surface area contributed by atoms with Crippen LogP contribution in [-0.2, 0) is 9.63 Å². The minimum atomic E-state index is -1.04. The first-order valence-electron chi connectivity index (χ1n) is 4.13. The van der Waals surface area contributed by atoms with Crippen molar-refractivity contribution in [2.45, 2.75) is 6.92 Å². The van der Waals surface area contributed by atoms with Gasteiger partial charge in [-0.05, 0) is 18.1 Å². The molecule has 0 amide bonds. The number of benzene rings is 1. The standard InChI is InChI=1S/C10H11NO3/c1-8-4-2-3-5-9(8)6-11-14-7-10(12)13/h2-6H,7H2,1H3,(H,12,13). The third-order valence-corrected chi connectivity index (χ3v) is 1.64. The summed E-state index contributed by atoms with van der Waals surface area (Å²) in [5.41, 5.74) is 1.98. The first-order chi connectivity index (χ1) is 6.70. The Morgan fingerprint density at radius 2 is 2.29 bits per heavy atom. The van der Waals surface area contributed by atoms with Gasteiger partial charge in [0.1, 0.15) is 0 Å². The molecule has 4 heteroatoms. The fourth-order valence-electron chi connectivity index (χ4n) is 0.918. The normalized spacial score (nSPS) is 10.4. The van der Waals surface area contributed by atoms with E-state index in [9.17, 15) is 4.79 Å². The molecule has 74 valence electrons. The van der Waals surface area contributed by atoms with E-state index < -0.39 is 12.6 Å². The minimum Gasteiger partial charge on any atom is -0.479 e. The van der Waals surface area contributed by atoms with Crippen LogP contribution in [0.15, 0.2) is 29.4 Å². The van der Waals surface area contributed by atoms with E-state index in [0.717, 1.165) is 11.1 Å². The van der Waals surface area contributed by atoms with E-state index in [1.807, 2.05) is 31.2 Å². The van der Waals surface area contributed by atoms with E-state index in [2.05, 4.69) is 9.99 Å². The quantitative estimate of drug-likeness (QED) is 0.581. The van der Waals surface area contributed by atoms with Gasteiger partial charge in [-0.15, -0.1) is 0 Å². The lowest BCUT2D eigenvalue weighted by Gasteiger charge is -1.97. The molecule has 0 fully saturated rings. The maximum Gasteiger partial charge on any atom is 0.344 e. The Labute approximate surface area is 81.8 Å². The van der Waals surface area contributed by atoms with Crippen LogP contribution in [0.5, 0.6) is 0 Å². The van der Waals surface area contributed by atoms with Gasteiger partial charge in [0.15, 0.2) is 0 Å². The molecule has 1 rings (SSSR count). The van der Waals surface area contributed by atoms with E-state index >= 15 is 0 Å². The predicted octanol–water partition coefficient (Wildman–Crippen LogP) is 1.43. The average Bonchev–Trinajstić information content (AvgIpc) is 2.15. The van der Waals surface area contributed by atoms with Crippen molar-refractivity contribution in [1.29, 1.82) is 0 Å². The summed E-state index contributed by atoms with van der Waals surface area (Å²) < 4.78 is 0. The van der Waals surface area contributed by atoms with Gasteiger partial charge in [0.25, 0.3) is 0 Å². The maximum atomic E-state index is 10.1. The molecule has 0 saturated carbocycles. The van der Waals surface area contributed by atoms with Crippen LogP contribution in [0.4, 0.5) is 0 Å². The number of carbonyl (C=O) groups is 1. The molecule has 0 heterocycles. The largest absolute Gasteiger partial charge is 0.479 e. The lowest BCUT2D eigenvalue weighted by molar-refractivity contribution is -0.142. The zero-order valence-electron chi connectivity index (χ0n) is 7.80. The summed E-state index contributed by atoms with van der Waals surface area (Å²) in [5, 5.41) is 11.8. The number of oxime groups is 1. The molecule has 0 bridgehead atoms. The number of rotatable bonds is 4.